The number of aromatic carboxylic acids is 2. The van der Waals surface area contributed by atoms with E-state index in [-0.39, 0.29) is 15.6 Å². The number of hydrogen-bond donors (Lipinski definition) is 2. The van der Waals surface area contributed by atoms with Gasteiger partial charge in [0.15, 0.2) is 0 Å². The van der Waals surface area contributed by atoms with E-state index in [0.717, 1.165) is 50.5 Å². The molecule has 0 saturated heterocycles. The minimum Gasteiger partial charge on any atom is -0.478 e. The predicted octanol–water partition coefficient (Wildman–Crippen LogP) is 9.81. The molecule has 4 nitrogen and oxygen atoms in total. The molecule has 0 bridgehead atoms. The van der Waals surface area contributed by atoms with Crippen LogP contribution in [-0.4, -0.2) is 22.2 Å². The van der Waals surface area contributed by atoms with Gasteiger partial charge in [-0.05, 0) is 62.2 Å². The van der Waals surface area contributed by atoms with Gasteiger partial charge in [-0.3, -0.25) is 0 Å². The highest BCUT2D eigenvalue weighted by atomic mass is 79.9. The molecule has 0 saturated carbocycles. The molecular weight excluding hydrogens is 672 g/mol. The molecule has 0 unspecified atom stereocenters. The number of rotatable bonds is 16. The van der Waals surface area contributed by atoms with E-state index in [2.05, 4.69) is 77.6 Å². The summed E-state index contributed by atoms with van der Waals surface area (Å²) in [5, 5.41) is 19.9. The number of alkyl halides is 2. The van der Waals surface area contributed by atoms with Gasteiger partial charge in [0, 0.05) is 8.95 Å². The Hall–Kier alpha value is 0.0800. The Labute approximate surface area is 225 Å². The Balaban J connectivity index is 3.39. The molecule has 182 valence electrons. The van der Waals surface area contributed by atoms with Crippen LogP contribution in [0.3, 0.4) is 0 Å². The van der Waals surface area contributed by atoms with Crippen molar-refractivity contribution in [1.82, 2.24) is 0 Å². The molecule has 0 spiro atoms. The molecule has 0 atom stereocenters. The molecule has 2 N–H and O–H groups in total. The summed E-state index contributed by atoms with van der Waals surface area (Å²) in [6.45, 7) is 4.35. The molecule has 0 heterocycles. The first-order chi connectivity index (χ1) is 15.1. The maximum Gasteiger partial charge on any atom is 0.337 e. The predicted molar refractivity (Wildman–Crippen MR) is 146 cm³/mol. The number of carboxylic acids is 2. The molecule has 0 aliphatic heterocycles. The Morgan fingerprint density at radius 2 is 1.19 bits per heavy atom. The SMILES string of the molecule is CCCCCCCCc1c(Br)c(Br)c(C(=O)O)c(C(=O)O)c1C(Br)(Br)CCCCCCC. The van der Waals surface area contributed by atoms with Crippen LogP contribution in [0.1, 0.15) is 123 Å². The fourth-order valence-electron chi connectivity index (χ4n) is 3.95. The van der Waals surface area contributed by atoms with E-state index in [0.29, 0.717) is 22.9 Å². The molecule has 0 fully saturated rings. The van der Waals surface area contributed by atoms with E-state index in [9.17, 15) is 19.8 Å². The topological polar surface area (TPSA) is 74.6 Å². The van der Waals surface area contributed by atoms with Crippen molar-refractivity contribution in [2.24, 2.45) is 0 Å². The molecule has 0 aliphatic rings. The zero-order valence-electron chi connectivity index (χ0n) is 18.9. The molecule has 1 rings (SSSR count). The summed E-state index contributed by atoms with van der Waals surface area (Å²) in [5.41, 5.74) is 0.981. The monoisotopic (exact) mass is 702 g/mol. The highest BCUT2D eigenvalue weighted by Gasteiger charge is 2.38. The maximum absolute atomic E-state index is 12.3. The van der Waals surface area contributed by atoms with Gasteiger partial charge in [0.25, 0.3) is 0 Å². The van der Waals surface area contributed by atoms with Crippen LogP contribution in [0.5, 0.6) is 0 Å². The largest absolute Gasteiger partial charge is 0.478 e. The normalized spacial score (nSPS) is 11.7. The highest BCUT2D eigenvalue weighted by Crippen LogP contribution is 2.50. The summed E-state index contributed by atoms with van der Waals surface area (Å²) >= 11 is 14.4. The average Bonchev–Trinajstić information content (AvgIpc) is 2.72. The lowest BCUT2D eigenvalue weighted by Gasteiger charge is -2.29. The number of halogens is 4. The van der Waals surface area contributed by atoms with Gasteiger partial charge in [-0.15, -0.1) is 0 Å². The zero-order chi connectivity index (χ0) is 24.3. The lowest BCUT2D eigenvalue weighted by Crippen LogP contribution is -2.23. The van der Waals surface area contributed by atoms with Gasteiger partial charge < -0.3 is 10.2 Å². The van der Waals surface area contributed by atoms with Crippen molar-refractivity contribution in [1.29, 1.82) is 0 Å². The first-order valence-corrected chi connectivity index (χ1v) is 14.7. The molecular formula is C24H34Br4O4. The number of carboxylic acid groups (broad SMARTS) is 2. The quantitative estimate of drug-likeness (QED) is 0.133. The van der Waals surface area contributed by atoms with Crippen molar-refractivity contribution in [2.45, 2.75) is 101 Å². The van der Waals surface area contributed by atoms with Gasteiger partial charge in [-0.1, -0.05) is 110 Å². The summed E-state index contributed by atoms with van der Waals surface area (Å²) in [6, 6.07) is 0. The van der Waals surface area contributed by atoms with Gasteiger partial charge in [0.05, 0.1) is 11.1 Å². The molecule has 0 amide bonds. The summed E-state index contributed by atoms with van der Waals surface area (Å²) < 4.78 is 0.0915. The lowest BCUT2D eigenvalue weighted by atomic mass is 9.89. The summed E-state index contributed by atoms with van der Waals surface area (Å²) in [5.74, 6) is -2.50. The van der Waals surface area contributed by atoms with Crippen LogP contribution >= 0.6 is 63.7 Å². The van der Waals surface area contributed by atoms with Crippen LogP contribution in [-0.2, 0) is 9.65 Å². The van der Waals surface area contributed by atoms with Crippen molar-refractivity contribution in [3.05, 3.63) is 31.2 Å². The van der Waals surface area contributed by atoms with Crippen molar-refractivity contribution < 1.29 is 19.8 Å². The molecule has 32 heavy (non-hydrogen) atoms. The number of benzene rings is 1. The Bertz CT molecular complexity index is 778. The molecule has 0 aliphatic carbocycles. The van der Waals surface area contributed by atoms with Crippen molar-refractivity contribution in [3.8, 4) is 0 Å². The number of hydrogen-bond acceptors (Lipinski definition) is 2. The highest BCUT2D eigenvalue weighted by molar-refractivity contribution is 9.24. The van der Waals surface area contributed by atoms with Crippen LogP contribution in [0.4, 0.5) is 0 Å². The number of unbranched alkanes of at least 4 members (excludes halogenated alkanes) is 9. The van der Waals surface area contributed by atoms with Crippen LogP contribution in [0.2, 0.25) is 0 Å². The summed E-state index contributed by atoms with van der Waals surface area (Å²) in [4.78, 5) is 24.4. The second kappa shape index (κ2) is 15.2. The fourth-order valence-corrected chi connectivity index (χ4v) is 6.59. The average molecular weight is 706 g/mol. The Kier molecular flexibility index (Phi) is 14.3. The number of carbonyl (C=O) groups is 2. The third-order valence-corrected chi connectivity index (χ3v) is 9.43. The Morgan fingerprint density at radius 1 is 0.719 bits per heavy atom. The molecule has 1 aromatic carbocycles. The molecule has 0 aromatic heterocycles. The summed E-state index contributed by atoms with van der Waals surface area (Å²) in [6.07, 6.45) is 13.5. The van der Waals surface area contributed by atoms with Gasteiger partial charge >= 0.3 is 11.9 Å². The van der Waals surface area contributed by atoms with E-state index in [1.165, 1.54) is 25.7 Å². The van der Waals surface area contributed by atoms with E-state index in [4.69, 9.17) is 0 Å². The first-order valence-electron chi connectivity index (χ1n) is 11.5. The van der Waals surface area contributed by atoms with Crippen LogP contribution in [0.25, 0.3) is 0 Å². The first kappa shape index (κ1) is 30.1. The fraction of sp³-hybridized carbons (Fsp3) is 0.667. The van der Waals surface area contributed by atoms with Gasteiger partial charge in [-0.2, -0.15) is 0 Å². The maximum atomic E-state index is 12.3. The summed E-state index contributed by atoms with van der Waals surface area (Å²) in [7, 11) is 0. The van der Waals surface area contributed by atoms with E-state index >= 15 is 0 Å². The van der Waals surface area contributed by atoms with Crippen LogP contribution < -0.4 is 0 Å². The lowest BCUT2D eigenvalue weighted by molar-refractivity contribution is 0.0649. The smallest absolute Gasteiger partial charge is 0.337 e. The van der Waals surface area contributed by atoms with Crippen LogP contribution in [0, 0.1) is 0 Å². The van der Waals surface area contributed by atoms with E-state index < -0.39 is 15.2 Å². The van der Waals surface area contributed by atoms with Crippen molar-refractivity contribution in [2.75, 3.05) is 0 Å². The molecule has 8 heteroatoms. The zero-order valence-corrected chi connectivity index (χ0v) is 25.3. The third kappa shape index (κ3) is 8.70. The standard InChI is InChI=1S/C24H34Br4O4/c1-3-5-7-9-10-12-14-16-19(24(27,28)15-13-11-8-6-4-2)17(22(29)30)18(23(31)32)21(26)20(16)25/h3-15H2,1-2H3,(H,29,30)(H,31,32). The molecule has 1 aromatic rings. The van der Waals surface area contributed by atoms with Gasteiger partial charge in [0.1, 0.15) is 3.23 Å². The van der Waals surface area contributed by atoms with E-state index in [1.807, 2.05) is 0 Å². The van der Waals surface area contributed by atoms with Crippen LogP contribution in [0.15, 0.2) is 8.95 Å². The Morgan fingerprint density at radius 3 is 1.69 bits per heavy atom. The molecule has 0 radical (unpaired) electrons. The van der Waals surface area contributed by atoms with E-state index in [1.54, 1.807) is 0 Å². The van der Waals surface area contributed by atoms with Crippen molar-refractivity contribution >= 4 is 75.7 Å². The van der Waals surface area contributed by atoms with Crippen molar-refractivity contribution in [3.63, 3.8) is 0 Å². The second-order valence-corrected chi connectivity index (χ2v) is 13.6. The minimum atomic E-state index is -1.26. The second-order valence-electron chi connectivity index (χ2n) is 8.23. The van der Waals surface area contributed by atoms with Gasteiger partial charge in [-0.25, -0.2) is 9.59 Å². The third-order valence-electron chi connectivity index (χ3n) is 5.65. The minimum absolute atomic E-state index is 0.157. The van der Waals surface area contributed by atoms with Gasteiger partial charge in [0.2, 0.25) is 0 Å².